The van der Waals surface area contributed by atoms with Gasteiger partial charge in [0.05, 0.1) is 0 Å². The molecule has 1 aliphatic rings. The van der Waals surface area contributed by atoms with Crippen LogP contribution in [-0.4, -0.2) is 17.2 Å². The van der Waals surface area contributed by atoms with E-state index in [2.05, 4.69) is 16.9 Å². The minimum atomic E-state index is -0.432. The van der Waals surface area contributed by atoms with Gasteiger partial charge in [0, 0.05) is 24.0 Å². The number of aromatic nitrogens is 1. The number of aliphatic imine (C=N–C) groups is 1. The minimum Gasteiger partial charge on any atom is -0.289 e. The van der Waals surface area contributed by atoms with Gasteiger partial charge in [-0.3, -0.25) is 4.99 Å². The summed E-state index contributed by atoms with van der Waals surface area (Å²) in [5.41, 5.74) is 2.02. The molecule has 2 heterocycles. The summed E-state index contributed by atoms with van der Waals surface area (Å²) in [6, 6.07) is 3.13. The lowest BCUT2D eigenvalue weighted by Crippen LogP contribution is -2.14. The van der Waals surface area contributed by atoms with Crippen molar-refractivity contribution >= 4 is 5.71 Å². The second-order valence-electron chi connectivity index (χ2n) is 3.80. The van der Waals surface area contributed by atoms with Gasteiger partial charge in [0.15, 0.2) is 0 Å². The highest BCUT2D eigenvalue weighted by molar-refractivity contribution is 6.00. The van der Waals surface area contributed by atoms with Gasteiger partial charge < -0.3 is 0 Å². The van der Waals surface area contributed by atoms with Crippen LogP contribution in [0.5, 0.6) is 0 Å². The third kappa shape index (κ3) is 1.97. The molecule has 74 valence electrons. The summed E-state index contributed by atoms with van der Waals surface area (Å²) in [7, 11) is 0. The lowest BCUT2D eigenvalue weighted by Gasteiger charge is -2.17. The molecule has 0 aliphatic carbocycles. The summed E-state index contributed by atoms with van der Waals surface area (Å²) in [6.45, 7) is 3.08. The average molecular weight is 192 g/mol. The van der Waals surface area contributed by atoms with E-state index in [-0.39, 0.29) is 0 Å². The Hall–Kier alpha value is -1.25. The first-order valence-electron chi connectivity index (χ1n) is 4.91. The molecule has 0 spiro atoms. The van der Waals surface area contributed by atoms with Gasteiger partial charge in [-0.25, -0.2) is 4.98 Å². The first kappa shape index (κ1) is 9.31. The molecule has 0 fully saturated rings. The molecule has 1 aromatic rings. The maximum atomic E-state index is 12.6. The molecule has 0 amide bonds. The Balaban J connectivity index is 2.19. The smallest absolute Gasteiger partial charge is 0.212 e. The van der Waals surface area contributed by atoms with Crippen LogP contribution in [0, 0.1) is 11.9 Å². The van der Waals surface area contributed by atoms with E-state index in [9.17, 15) is 4.39 Å². The van der Waals surface area contributed by atoms with Gasteiger partial charge in [0.2, 0.25) is 5.95 Å². The van der Waals surface area contributed by atoms with E-state index < -0.39 is 5.95 Å². The average Bonchev–Trinajstić information content (AvgIpc) is 2.21. The fourth-order valence-corrected chi connectivity index (χ4v) is 1.60. The molecule has 2 nitrogen and oxygen atoms in total. The van der Waals surface area contributed by atoms with E-state index >= 15 is 0 Å². The summed E-state index contributed by atoms with van der Waals surface area (Å²) in [6.07, 6.45) is 3.70. The van der Waals surface area contributed by atoms with Crippen LogP contribution in [0.15, 0.2) is 23.3 Å². The number of pyridine rings is 1. The summed E-state index contributed by atoms with van der Waals surface area (Å²) in [5, 5.41) is 0. The number of rotatable bonds is 1. The van der Waals surface area contributed by atoms with Crippen molar-refractivity contribution < 1.29 is 4.39 Å². The molecule has 0 bridgehead atoms. The Bertz CT molecular complexity index is 343. The topological polar surface area (TPSA) is 25.2 Å². The Kier molecular flexibility index (Phi) is 2.57. The molecule has 1 atom stereocenters. The van der Waals surface area contributed by atoms with Gasteiger partial charge in [-0.15, -0.1) is 0 Å². The highest BCUT2D eigenvalue weighted by Gasteiger charge is 2.12. The number of hydrogen-bond donors (Lipinski definition) is 0. The summed E-state index contributed by atoms with van der Waals surface area (Å²) in [4.78, 5) is 8.09. The predicted molar refractivity (Wildman–Crippen MR) is 54.0 cm³/mol. The van der Waals surface area contributed by atoms with Crippen LogP contribution in [0.25, 0.3) is 0 Å². The number of hydrogen-bond acceptors (Lipinski definition) is 2. The zero-order valence-corrected chi connectivity index (χ0v) is 8.20. The molecular formula is C11H13FN2. The first-order valence-corrected chi connectivity index (χ1v) is 4.91. The summed E-state index contributed by atoms with van der Waals surface area (Å²) < 4.78 is 12.6. The Morgan fingerprint density at radius 3 is 2.86 bits per heavy atom. The number of nitrogens with zero attached hydrogens (tertiary/aromatic N) is 2. The lowest BCUT2D eigenvalue weighted by atomic mass is 9.97. The standard InChI is InChI=1S/C11H13FN2/c1-8-2-4-10(13-6-8)9-3-5-11(12)14-7-9/h3,5,7-8H,2,4,6H2,1H3/t8-/m0/s1. The van der Waals surface area contributed by atoms with Gasteiger partial charge in [-0.1, -0.05) is 6.92 Å². The Morgan fingerprint density at radius 2 is 2.29 bits per heavy atom. The van der Waals surface area contributed by atoms with Crippen LogP contribution in [0.4, 0.5) is 4.39 Å². The van der Waals surface area contributed by atoms with E-state index in [1.54, 1.807) is 12.3 Å². The van der Waals surface area contributed by atoms with Crippen LogP contribution in [0.2, 0.25) is 0 Å². The van der Waals surface area contributed by atoms with Crippen LogP contribution in [-0.2, 0) is 0 Å². The third-order valence-electron chi connectivity index (χ3n) is 2.53. The molecule has 2 rings (SSSR count). The fourth-order valence-electron chi connectivity index (χ4n) is 1.60. The van der Waals surface area contributed by atoms with E-state index in [4.69, 9.17) is 0 Å². The lowest BCUT2D eigenvalue weighted by molar-refractivity contribution is 0.538. The maximum Gasteiger partial charge on any atom is 0.212 e. The Labute approximate surface area is 82.9 Å². The summed E-state index contributed by atoms with van der Waals surface area (Å²) >= 11 is 0. The minimum absolute atomic E-state index is 0.432. The molecule has 14 heavy (non-hydrogen) atoms. The van der Waals surface area contributed by atoms with E-state index in [0.29, 0.717) is 5.92 Å². The molecule has 3 heteroatoms. The van der Waals surface area contributed by atoms with Crippen molar-refractivity contribution in [3.8, 4) is 0 Å². The van der Waals surface area contributed by atoms with E-state index in [0.717, 1.165) is 30.7 Å². The van der Waals surface area contributed by atoms with Gasteiger partial charge in [0.1, 0.15) is 0 Å². The van der Waals surface area contributed by atoms with Crippen molar-refractivity contribution in [3.63, 3.8) is 0 Å². The molecule has 0 radical (unpaired) electrons. The van der Waals surface area contributed by atoms with Crippen LogP contribution in [0.3, 0.4) is 0 Å². The molecule has 0 N–H and O–H groups in total. The van der Waals surface area contributed by atoms with Crippen molar-refractivity contribution in [2.75, 3.05) is 6.54 Å². The molecule has 0 unspecified atom stereocenters. The van der Waals surface area contributed by atoms with Crippen molar-refractivity contribution in [1.29, 1.82) is 0 Å². The highest BCUT2D eigenvalue weighted by atomic mass is 19.1. The van der Waals surface area contributed by atoms with Gasteiger partial charge >= 0.3 is 0 Å². The molecule has 0 saturated heterocycles. The van der Waals surface area contributed by atoms with Crippen LogP contribution in [0.1, 0.15) is 25.3 Å². The molecule has 1 aromatic heterocycles. The number of halogens is 1. The van der Waals surface area contributed by atoms with Crippen molar-refractivity contribution in [2.24, 2.45) is 10.9 Å². The molecular weight excluding hydrogens is 179 g/mol. The van der Waals surface area contributed by atoms with Crippen molar-refractivity contribution in [2.45, 2.75) is 19.8 Å². The summed E-state index contributed by atoms with van der Waals surface area (Å²) in [5.74, 6) is 0.241. The zero-order chi connectivity index (χ0) is 9.97. The normalized spacial score (nSPS) is 21.9. The quantitative estimate of drug-likeness (QED) is 0.627. The van der Waals surface area contributed by atoms with Crippen LogP contribution >= 0.6 is 0 Å². The monoisotopic (exact) mass is 192 g/mol. The fraction of sp³-hybridized carbons (Fsp3) is 0.455. The Morgan fingerprint density at radius 1 is 1.43 bits per heavy atom. The predicted octanol–water partition coefficient (Wildman–Crippen LogP) is 2.44. The van der Waals surface area contributed by atoms with Gasteiger partial charge in [-0.05, 0) is 30.9 Å². The largest absolute Gasteiger partial charge is 0.289 e. The second kappa shape index (κ2) is 3.86. The third-order valence-corrected chi connectivity index (χ3v) is 2.53. The first-order chi connectivity index (χ1) is 6.75. The van der Waals surface area contributed by atoms with E-state index in [1.165, 1.54) is 6.07 Å². The van der Waals surface area contributed by atoms with Crippen molar-refractivity contribution in [3.05, 3.63) is 29.8 Å². The van der Waals surface area contributed by atoms with E-state index in [1.807, 2.05) is 0 Å². The highest BCUT2D eigenvalue weighted by Crippen LogP contribution is 2.17. The SMILES string of the molecule is C[C@H]1CCC(c2ccc(F)nc2)=NC1. The maximum absolute atomic E-state index is 12.6. The van der Waals surface area contributed by atoms with Crippen molar-refractivity contribution in [1.82, 2.24) is 4.98 Å². The van der Waals surface area contributed by atoms with Gasteiger partial charge in [0.25, 0.3) is 0 Å². The van der Waals surface area contributed by atoms with Crippen LogP contribution < -0.4 is 0 Å². The van der Waals surface area contributed by atoms with Gasteiger partial charge in [-0.2, -0.15) is 4.39 Å². The molecule has 1 aliphatic heterocycles. The zero-order valence-electron chi connectivity index (χ0n) is 8.20. The molecule has 0 saturated carbocycles. The molecule has 0 aromatic carbocycles. The second-order valence-corrected chi connectivity index (χ2v) is 3.80.